The van der Waals surface area contributed by atoms with Crippen molar-refractivity contribution in [3.8, 4) is 0 Å². The lowest BCUT2D eigenvalue weighted by Crippen LogP contribution is -2.37. The fourth-order valence-electron chi connectivity index (χ4n) is 4.53. The Kier molecular flexibility index (Phi) is 5.72. The molecule has 2 fully saturated rings. The van der Waals surface area contributed by atoms with E-state index in [2.05, 4.69) is 25.7 Å². The van der Waals surface area contributed by atoms with Crippen molar-refractivity contribution in [2.45, 2.75) is 58.1 Å². The summed E-state index contributed by atoms with van der Waals surface area (Å²) in [6.45, 7) is 6.90. The van der Waals surface area contributed by atoms with Crippen molar-refractivity contribution < 1.29 is 9.53 Å². The van der Waals surface area contributed by atoms with Gasteiger partial charge in [-0.2, -0.15) is 10.1 Å². The first-order chi connectivity index (χ1) is 14.6. The quantitative estimate of drug-likeness (QED) is 0.724. The molecule has 2 aromatic rings. The highest BCUT2D eigenvalue weighted by atomic mass is 35.5. The van der Waals surface area contributed by atoms with Gasteiger partial charge in [0.25, 0.3) is 0 Å². The van der Waals surface area contributed by atoms with E-state index in [1.807, 2.05) is 38.9 Å². The first-order valence-electron chi connectivity index (χ1n) is 10.7. The summed E-state index contributed by atoms with van der Waals surface area (Å²) in [7, 11) is 1.85. The zero-order chi connectivity index (χ0) is 22.2. The Bertz CT molecular complexity index is 949. The molecule has 10 heteroatoms. The Morgan fingerprint density at radius 1 is 1.29 bits per heavy atom. The number of ether oxygens (including phenoxy) is 1. The highest BCUT2D eigenvalue weighted by Crippen LogP contribution is 2.47. The number of hydrogen-bond donors (Lipinski definition) is 2. The number of halogens is 1. The molecule has 168 valence electrons. The van der Waals surface area contributed by atoms with Gasteiger partial charge in [0.2, 0.25) is 5.95 Å². The summed E-state index contributed by atoms with van der Waals surface area (Å²) < 4.78 is 7.32. The predicted molar refractivity (Wildman–Crippen MR) is 120 cm³/mol. The summed E-state index contributed by atoms with van der Waals surface area (Å²) >= 11 is 6.43. The monoisotopic (exact) mass is 447 g/mol. The molecule has 1 atom stereocenters. The zero-order valence-corrected chi connectivity index (χ0v) is 19.2. The van der Waals surface area contributed by atoms with Gasteiger partial charge >= 0.3 is 6.09 Å². The number of nitrogens with zero attached hydrogens (tertiary/aromatic N) is 5. The average molecular weight is 448 g/mol. The molecule has 1 aliphatic carbocycles. The van der Waals surface area contributed by atoms with Gasteiger partial charge in [0.05, 0.1) is 24.1 Å². The summed E-state index contributed by atoms with van der Waals surface area (Å²) in [5.74, 6) is 0.993. The molecule has 2 aromatic heterocycles. The molecule has 0 bridgehead atoms. The van der Waals surface area contributed by atoms with Gasteiger partial charge in [0.1, 0.15) is 10.6 Å². The van der Waals surface area contributed by atoms with Gasteiger partial charge in [-0.15, -0.1) is 0 Å². The minimum atomic E-state index is -0.520. The first-order valence-corrected chi connectivity index (χ1v) is 11.0. The van der Waals surface area contributed by atoms with Crippen LogP contribution < -0.4 is 10.6 Å². The van der Waals surface area contributed by atoms with Crippen LogP contribution in [0.4, 0.5) is 22.2 Å². The van der Waals surface area contributed by atoms with Gasteiger partial charge in [-0.3, -0.25) is 4.68 Å². The summed E-state index contributed by atoms with van der Waals surface area (Å²) in [5.41, 5.74) is 0.274. The Morgan fingerprint density at radius 3 is 2.68 bits per heavy atom. The van der Waals surface area contributed by atoms with Crippen molar-refractivity contribution in [3.63, 3.8) is 0 Å². The van der Waals surface area contributed by atoms with Crippen molar-refractivity contribution >= 4 is 35.1 Å². The second-order valence-corrected chi connectivity index (χ2v) is 9.95. The summed E-state index contributed by atoms with van der Waals surface area (Å²) in [6, 6.07) is 0.0427. The van der Waals surface area contributed by atoms with Crippen LogP contribution in [0.2, 0.25) is 5.02 Å². The molecule has 1 aliphatic heterocycles. The molecule has 1 saturated heterocycles. The van der Waals surface area contributed by atoms with Crippen LogP contribution >= 0.6 is 11.6 Å². The Labute approximate surface area is 187 Å². The van der Waals surface area contributed by atoms with Crippen molar-refractivity contribution in [2.75, 3.05) is 23.7 Å². The molecule has 1 amide bonds. The average Bonchev–Trinajstić information content (AvgIpc) is 3.39. The molecule has 2 aliphatic rings. The van der Waals surface area contributed by atoms with Crippen LogP contribution in [-0.2, 0) is 11.8 Å². The van der Waals surface area contributed by atoms with E-state index in [1.165, 1.54) is 0 Å². The molecule has 3 heterocycles. The molecular formula is C21H30ClN7O2. The molecule has 0 radical (unpaired) electrons. The van der Waals surface area contributed by atoms with Crippen molar-refractivity contribution in [1.29, 1.82) is 0 Å². The maximum Gasteiger partial charge on any atom is 0.410 e. The van der Waals surface area contributed by atoms with Gasteiger partial charge in [-0.25, -0.2) is 9.78 Å². The number of aryl methyl sites for hydroxylation is 1. The maximum atomic E-state index is 12.7. The normalized spacial score (nSPS) is 20.3. The molecule has 1 saturated carbocycles. The van der Waals surface area contributed by atoms with E-state index in [0.717, 1.165) is 31.4 Å². The zero-order valence-electron chi connectivity index (χ0n) is 18.5. The lowest BCUT2D eigenvalue weighted by atomic mass is 9.81. The standard InChI is InChI=1S/C21H30ClN7O2/c1-20(2,3)31-19(30)29-12-16(21(13-29)7-5-6-8-21)26-17-15(22)10-23-18(27-17)25-14-9-24-28(4)11-14/h9-11,16H,5-8,12-13H2,1-4H3,(H2,23,25,26,27). The van der Waals surface area contributed by atoms with E-state index >= 15 is 0 Å². The number of amides is 1. The van der Waals surface area contributed by atoms with Crippen LogP contribution in [0.25, 0.3) is 0 Å². The molecule has 1 spiro atoms. The second-order valence-electron chi connectivity index (χ2n) is 9.55. The van der Waals surface area contributed by atoms with Gasteiger partial charge in [0.15, 0.2) is 5.82 Å². The van der Waals surface area contributed by atoms with Crippen LogP contribution in [-0.4, -0.2) is 55.5 Å². The van der Waals surface area contributed by atoms with E-state index in [4.69, 9.17) is 16.3 Å². The largest absolute Gasteiger partial charge is 0.444 e. The highest BCUT2D eigenvalue weighted by Gasteiger charge is 2.50. The summed E-state index contributed by atoms with van der Waals surface area (Å²) in [6.07, 6.45) is 9.30. The van der Waals surface area contributed by atoms with E-state index in [1.54, 1.807) is 17.1 Å². The van der Waals surface area contributed by atoms with Crippen LogP contribution in [0, 0.1) is 5.41 Å². The van der Waals surface area contributed by atoms with Gasteiger partial charge in [-0.1, -0.05) is 24.4 Å². The van der Waals surface area contributed by atoms with Gasteiger partial charge in [0, 0.05) is 31.7 Å². The minimum absolute atomic E-state index is 0.00211. The number of carbonyl (C=O) groups excluding carboxylic acids is 1. The van der Waals surface area contributed by atoms with Crippen molar-refractivity contribution in [3.05, 3.63) is 23.6 Å². The Morgan fingerprint density at radius 2 is 2.03 bits per heavy atom. The maximum absolute atomic E-state index is 12.7. The molecule has 4 rings (SSSR count). The molecule has 9 nitrogen and oxygen atoms in total. The fraction of sp³-hybridized carbons (Fsp3) is 0.619. The number of carbonyl (C=O) groups is 1. The second kappa shape index (κ2) is 8.18. The first kappa shape index (κ1) is 21.7. The van der Waals surface area contributed by atoms with Crippen molar-refractivity contribution in [1.82, 2.24) is 24.6 Å². The smallest absolute Gasteiger partial charge is 0.410 e. The van der Waals surface area contributed by atoms with E-state index in [9.17, 15) is 4.79 Å². The van der Waals surface area contributed by atoms with Gasteiger partial charge in [-0.05, 0) is 33.6 Å². The number of anilines is 3. The number of nitrogens with one attached hydrogen (secondary N) is 2. The van der Waals surface area contributed by atoms with Crippen molar-refractivity contribution in [2.24, 2.45) is 12.5 Å². The lowest BCUT2D eigenvalue weighted by Gasteiger charge is -2.30. The number of rotatable bonds is 4. The number of aromatic nitrogens is 4. The summed E-state index contributed by atoms with van der Waals surface area (Å²) in [4.78, 5) is 23.4. The van der Waals surface area contributed by atoms with Crippen LogP contribution in [0.1, 0.15) is 46.5 Å². The van der Waals surface area contributed by atoms with E-state index < -0.39 is 5.60 Å². The third-order valence-corrected chi connectivity index (χ3v) is 6.19. The van der Waals surface area contributed by atoms with Gasteiger partial charge < -0.3 is 20.3 Å². The van der Waals surface area contributed by atoms with Crippen LogP contribution in [0.5, 0.6) is 0 Å². The SMILES string of the molecule is Cn1cc(Nc2ncc(Cl)c(NC3CN(C(=O)OC(C)(C)C)CC34CCCC4)n2)cn1. The molecule has 2 N–H and O–H groups in total. The lowest BCUT2D eigenvalue weighted by molar-refractivity contribution is 0.0273. The highest BCUT2D eigenvalue weighted by molar-refractivity contribution is 6.32. The van der Waals surface area contributed by atoms with Crippen LogP contribution in [0.15, 0.2) is 18.6 Å². The Hall–Kier alpha value is -2.55. The molecule has 31 heavy (non-hydrogen) atoms. The molecule has 0 aromatic carbocycles. The summed E-state index contributed by atoms with van der Waals surface area (Å²) in [5, 5.41) is 11.3. The van der Waals surface area contributed by atoms with E-state index in [0.29, 0.717) is 29.9 Å². The Balaban J connectivity index is 1.52. The van der Waals surface area contributed by atoms with E-state index in [-0.39, 0.29) is 17.6 Å². The number of hydrogen-bond acceptors (Lipinski definition) is 7. The molecule has 1 unspecified atom stereocenters. The minimum Gasteiger partial charge on any atom is -0.444 e. The third kappa shape index (κ3) is 4.87. The fourth-order valence-corrected chi connectivity index (χ4v) is 4.67. The topological polar surface area (TPSA) is 97.2 Å². The predicted octanol–water partition coefficient (Wildman–Crippen LogP) is 4.20. The molecular weight excluding hydrogens is 418 g/mol. The third-order valence-electron chi connectivity index (χ3n) is 5.92. The number of likely N-dealkylation sites (tertiary alicyclic amines) is 1. The van der Waals surface area contributed by atoms with Crippen LogP contribution in [0.3, 0.4) is 0 Å².